The highest BCUT2D eigenvalue weighted by Crippen LogP contribution is 2.17. The Hall–Kier alpha value is -2.10. The van der Waals surface area contributed by atoms with Crippen molar-refractivity contribution in [1.82, 2.24) is 5.32 Å². The van der Waals surface area contributed by atoms with E-state index in [-0.39, 0.29) is 5.75 Å². The van der Waals surface area contributed by atoms with Gasteiger partial charge in [0.15, 0.2) is 0 Å². The largest absolute Gasteiger partial charge is 0.508 e. The summed E-state index contributed by atoms with van der Waals surface area (Å²) in [6.07, 6.45) is 3.44. The van der Waals surface area contributed by atoms with E-state index in [1.165, 1.54) is 0 Å². The Morgan fingerprint density at radius 1 is 1.05 bits per heavy atom. The highest BCUT2D eigenvalue weighted by Gasteiger charge is 2.06. The number of aromatic hydroxyl groups is 1. The van der Waals surface area contributed by atoms with Crippen molar-refractivity contribution in [3.63, 3.8) is 0 Å². The standard InChI is InChI=1S/C17H19NO2/c19-16-10-4-9-15(12-16)17(20)13-18-11-5-8-14-6-2-1-3-7-14/h1-10,12,17-20H,11,13H2/t17-/m0/s1. The Balaban J connectivity index is 1.74. The summed E-state index contributed by atoms with van der Waals surface area (Å²) < 4.78 is 0. The molecular weight excluding hydrogens is 250 g/mol. The number of hydrogen-bond acceptors (Lipinski definition) is 3. The predicted molar refractivity (Wildman–Crippen MR) is 81.4 cm³/mol. The van der Waals surface area contributed by atoms with E-state index >= 15 is 0 Å². The van der Waals surface area contributed by atoms with Crippen LogP contribution in [0.5, 0.6) is 5.75 Å². The van der Waals surface area contributed by atoms with E-state index in [9.17, 15) is 10.2 Å². The van der Waals surface area contributed by atoms with Crippen LogP contribution in [0.1, 0.15) is 17.2 Å². The van der Waals surface area contributed by atoms with Crippen molar-refractivity contribution >= 4 is 6.08 Å². The molecule has 1 atom stereocenters. The number of aliphatic hydroxyl groups excluding tert-OH is 1. The molecule has 3 N–H and O–H groups in total. The molecule has 0 bridgehead atoms. The molecule has 3 nitrogen and oxygen atoms in total. The molecule has 0 saturated heterocycles. The lowest BCUT2D eigenvalue weighted by Gasteiger charge is -2.11. The van der Waals surface area contributed by atoms with Crippen molar-refractivity contribution in [3.05, 3.63) is 71.8 Å². The zero-order valence-corrected chi connectivity index (χ0v) is 11.2. The predicted octanol–water partition coefficient (Wildman–Crippen LogP) is 2.73. The maximum atomic E-state index is 9.96. The summed E-state index contributed by atoms with van der Waals surface area (Å²) >= 11 is 0. The van der Waals surface area contributed by atoms with Crippen LogP contribution in [0.15, 0.2) is 60.7 Å². The van der Waals surface area contributed by atoms with Gasteiger partial charge in [0, 0.05) is 13.1 Å². The number of phenolic OH excluding ortho intramolecular Hbond substituents is 1. The number of hydrogen-bond donors (Lipinski definition) is 3. The van der Waals surface area contributed by atoms with Crippen molar-refractivity contribution in [2.45, 2.75) is 6.10 Å². The molecule has 0 spiro atoms. The number of aliphatic hydroxyl groups is 1. The molecule has 20 heavy (non-hydrogen) atoms. The number of nitrogens with one attached hydrogen (secondary N) is 1. The molecule has 0 fully saturated rings. The fraction of sp³-hybridized carbons (Fsp3) is 0.176. The van der Waals surface area contributed by atoms with Crippen LogP contribution in [0.2, 0.25) is 0 Å². The molecule has 2 aromatic carbocycles. The van der Waals surface area contributed by atoms with Gasteiger partial charge in [-0.3, -0.25) is 0 Å². The summed E-state index contributed by atoms with van der Waals surface area (Å²) in [5, 5.41) is 22.5. The van der Waals surface area contributed by atoms with Crippen molar-refractivity contribution in [1.29, 1.82) is 0 Å². The molecule has 0 amide bonds. The van der Waals surface area contributed by atoms with Gasteiger partial charge in [0.05, 0.1) is 6.10 Å². The first-order valence-electron chi connectivity index (χ1n) is 6.65. The monoisotopic (exact) mass is 269 g/mol. The highest BCUT2D eigenvalue weighted by atomic mass is 16.3. The number of benzene rings is 2. The van der Waals surface area contributed by atoms with E-state index in [2.05, 4.69) is 5.32 Å². The molecule has 0 saturated carbocycles. The quantitative estimate of drug-likeness (QED) is 0.707. The minimum absolute atomic E-state index is 0.172. The van der Waals surface area contributed by atoms with Gasteiger partial charge in [0.1, 0.15) is 5.75 Å². The Bertz CT molecular complexity index is 552. The van der Waals surface area contributed by atoms with E-state index in [0.29, 0.717) is 18.7 Å². The van der Waals surface area contributed by atoms with Gasteiger partial charge in [-0.25, -0.2) is 0 Å². The molecule has 0 aromatic heterocycles. The third kappa shape index (κ3) is 4.53. The zero-order chi connectivity index (χ0) is 14.2. The summed E-state index contributed by atoms with van der Waals surface area (Å²) in [6, 6.07) is 16.8. The van der Waals surface area contributed by atoms with Crippen LogP contribution in [-0.4, -0.2) is 23.3 Å². The molecule has 0 aliphatic heterocycles. The van der Waals surface area contributed by atoms with Gasteiger partial charge in [-0.2, -0.15) is 0 Å². The van der Waals surface area contributed by atoms with Crippen LogP contribution in [0.3, 0.4) is 0 Å². The van der Waals surface area contributed by atoms with E-state index in [0.717, 1.165) is 5.56 Å². The van der Waals surface area contributed by atoms with Gasteiger partial charge >= 0.3 is 0 Å². The van der Waals surface area contributed by atoms with Crippen LogP contribution < -0.4 is 5.32 Å². The fourth-order valence-electron chi connectivity index (χ4n) is 1.91. The minimum atomic E-state index is -0.618. The summed E-state index contributed by atoms with van der Waals surface area (Å²) in [4.78, 5) is 0. The Labute approximate surface area is 119 Å². The minimum Gasteiger partial charge on any atom is -0.508 e. The molecule has 0 radical (unpaired) electrons. The van der Waals surface area contributed by atoms with Crippen LogP contribution >= 0.6 is 0 Å². The second-order valence-electron chi connectivity index (χ2n) is 4.58. The maximum Gasteiger partial charge on any atom is 0.115 e. The summed E-state index contributed by atoms with van der Waals surface area (Å²) in [6.45, 7) is 1.13. The molecular formula is C17H19NO2. The average molecular weight is 269 g/mol. The molecule has 2 rings (SSSR count). The van der Waals surface area contributed by atoms with E-state index < -0.39 is 6.10 Å². The van der Waals surface area contributed by atoms with Gasteiger partial charge in [-0.1, -0.05) is 54.6 Å². The van der Waals surface area contributed by atoms with Gasteiger partial charge in [-0.05, 0) is 23.3 Å². The van der Waals surface area contributed by atoms with Crippen molar-refractivity contribution in [2.75, 3.05) is 13.1 Å². The van der Waals surface area contributed by atoms with E-state index in [1.807, 2.05) is 42.5 Å². The number of rotatable bonds is 6. The summed E-state index contributed by atoms with van der Waals surface area (Å²) in [5.41, 5.74) is 1.87. The summed E-state index contributed by atoms with van der Waals surface area (Å²) in [5.74, 6) is 0.172. The second-order valence-corrected chi connectivity index (χ2v) is 4.58. The molecule has 0 aliphatic carbocycles. The van der Waals surface area contributed by atoms with E-state index in [1.54, 1.807) is 24.3 Å². The van der Waals surface area contributed by atoms with Gasteiger partial charge in [-0.15, -0.1) is 0 Å². The first kappa shape index (κ1) is 14.3. The topological polar surface area (TPSA) is 52.5 Å². The Kier molecular flexibility index (Phi) is 5.35. The average Bonchev–Trinajstić information content (AvgIpc) is 2.48. The third-order valence-electron chi connectivity index (χ3n) is 2.96. The lowest BCUT2D eigenvalue weighted by Crippen LogP contribution is -2.21. The molecule has 104 valence electrons. The SMILES string of the molecule is Oc1cccc([C@@H](O)CNCC=Cc2ccccc2)c1. The number of phenols is 1. The fourth-order valence-corrected chi connectivity index (χ4v) is 1.91. The molecule has 0 unspecified atom stereocenters. The first-order valence-corrected chi connectivity index (χ1v) is 6.65. The third-order valence-corrected chi connectivity index (χ3v) is 2.96. The Morgan fingerprint density at radius 3 is 2.60 bits per heavy atom. The normalized spacial score (nSPS) is 12.7. The van der Waals surface area contributed by atoms with Gasteiger partial charge < -0.3 is 15.5 Å². The lowest BCUT2D eigenvalue weighted by atomic mass is 10.1. The molecule has 2 aromatic rings. The lowest BCUT2D eigenvalue weighted by molar-refractivity contribution is 0.176. The van der Waals surface area contributed by atoms with Crippen LogP contribution in [0, 0.1) is 0 Å². The van der Waals surface area contributed by atoms with Gasteiger partial charge in [0.2, 0.25) is 0 Å². The molecule has 0 aliphatic rings. The highest BCUT2D eigenvalue weighted by molar-refractivity contribution is 5.48. The Morgan fingerprint density at radius 2 is 1.85 bits per heavy atom. The maximum absolute atomic E-state index is 9.96. The van der Waals surface area contributed by atoms with Crippen molar-refractivity contribution in [3.8, 4) is 5.75 Å². The first-order chi connectivity index (χ1) is 9.75. The summed E-state index contributed by atoms with van der Waals surface area (Å²) in [7, 11) is 0. The van der Waals surface area contributed by atoms with E-state index in [4.69, 9.17) is 0 Å². The molecule has 0 heterocycles. The van der Waals surface area contributed by atoms with Crippen molar-refractivity contribution < 1.29 is 10.2 Å². The van der Waals surface area contributed by atoms with Crippen LogP contribution in [-0.2, 0) is 0 Å². The molecule has 3 heteroatoms. The smallest absolute Gasteiger partial charge is 0.115 e. The van der Waals surface area contributed by atoms with Crippen LogP contribution in [0.4, 0.5) is 0 Å². The second kappa shape index (κ2) is 7.48. The van der Waals surface area contributed by atoms with Crippen molar-refractivity contribution in [2.24, 2.45) is 0 Å². The van der Waals surface area contributed by atoms with Crippen LogP contribution in [0.25, 0.3) is 6.08 Å². The zero-order valence-electron chi connectivity index (χ0n) is 11.2. The van der Waals surface area contributed by atoms with Gasteiger partial charge in [0.25, 0.3) is 0 Å².